The summed E-state index contributed by atoms with van der Waals surface area (Å²) in [6.45, 7) is 0. The largest absolute Gasteiger partial charge is 0.350 e. The van der Waals surface area contributed by atoms with Crippen LogP contribution in [-0.4, -0.2) is 20.1 Å². The molecule has 0 aliphatic heterocycles. The van der Waals surface area contributed by atoms with Crippen molar-refractivity contribution in [3.63, 3.8) is 0 Å². The average Bonchev–Trinajstić information content (AvgIpc) is 2.92. The minimum Gasteiger partial charge on any atom is -0.350 e. The Kier molecular flexibility index (Phi) is 4.20. The molecule has 2 N–H and O–H groups in total. The highest BCUT2D eigenvalue weighted by atomic mass is 16.2. The number of para-hydroxylation sites is 1. The normalized spacial score (nSPS) is 13.7. The molecule has 120 valence electrons. The van der Waals surface area contributed by atoms with Gasteiger partial charge in [-0.1, -0.05) is 42.5 Å². The van der Waals surface area contributed by atoms with E-state index in [1.807, 2.05) is 42.5 Å². The third kappa shape index (κ3) is 2.58. The van der Waals surface area contributed by atoms with Crippen LogP contribution in [0.3, 0.4) is 0 Å². The molecule has 0 aliphatic rings. The van der Waals surface area contributed by atoms with Crippen molar-refractivity contribution < 1.29 is 4.79 Å². The van der Waals surface area contributed by atoms with Crippen molar-refractivity contribution in [2.75, 3.05) is 19.1 Å². The first kappa shape index (κ1) is 15.6. The summed E-state index contributed by atoms with van der Waals surface area (Å²) in [7, 11) is 3.38. The van der Waals surface area contributed by atoms with E-state index in [1.165, 1.54) is 0 Å². The second-order valence-electron chi connectivity index (χ2n) is 5.12. The molecule has 3 aromatic carbocycles. The molecule has 0 aromatic heterocycles. The van der Waals surface area contributed by atoms with Crippen molar-refractivity contribution in [3.8, 4) is 0 Å². The topological polar surface area (TPSA) is 83.4 Å². The molecule has 6 nitrogen and oxygen atoms in total. The predicted molar refractivity (Wildman–Crippen MR) is 93.4 cm³/mol. The minimum atomic E-state index is -0.671. The van der Waals surface area contributed by atoms with Gasteiger partial charge in [-0.25, -0.2) is 4.79 Å². The number of hydrogen-bond acceptors (Lipinski definition) is 4. The van der Waals surface area contributed by atoms with Crippen molar-refractivity contribution in [1.82, 2.24) is 0 Å². The molecule has 0 bridgehead atoms. The number of benzene rings is 2. The van der Waals surface area contributed by atoms with Gasteiger partial charge in [-0.2, -0.15) is 10.1 Å². The third-order valence-corrected chi connectivity index (χ3v) is 3.74. The van der Waals surface area contributed by atoms with E-state index < -0.39 is 6.03 Å². The van der Waals surface area contributed by atoms with Gasteiger partial charge in [0.15, 0.2) is 0 Å². The molecule has 0 atom stereocenters. The first-order valence-corrected chi connectivity index (χ1v) is 7.44. The van der Waals surface area contributed by atoms with E-state index in [2.05, 4.69) is 15.1 Å². The van der Waals surface area contributed by atoms with Gasteiger partial charge < -0.3 is 5.73 Å². The Morgan fingerprint density at radius 1 is 0.833 bits per heavy atom. The van der Waals surface area contributed by atoms with Crippen LogP contribution in [0, 0.1) is 0 Å². The predicted octanol–water partition coefficient (Wildman–Crippen LogP) is 1.18. The van der Waals surface area contributed by atoms with Crippen molar-refractivity contribution in [2.45, 2.75) is 0 Å². The fraction of sp³-hybridized carbons (Fsp3) is 0.111. The summed E-state index contributed by atoms with van der Waals surface area (Å²) >= 11 is 0. The highest BCUT2D eigenvalue weighted by Crippen LogP contribution is 2.12. The number of fused-ring (bicyclic) bond motifs is 1. The lowest BCUT2D eigenvalue weighted by Crippen LogP contribution is -2.40. The summed E-state index contributed by atoms with van der Waals surface area (Å²) in [4.78, 5) is 20.6. The lowest BCUT2D eigenvalue weighted by atomic mass is 10.2. The van der Waals surface area contributed by atoms with E-state index in [0.29, 0.717) is 21.8 Å². The number of primary amides is 1. The number of carbonyl (C=O) groups is 1. The van der Waals surface area contributed by atoms with E-state index in [0.717, 1.165) is 15.8 Å². The van der Waals surface area contributed by atoms with Gasteiger partial charge in [-0.05, 0) is 12.1 Å². The molecule has 0 spiro atoms. The summed E-state index contributed by atoms with van der Waals surface area (Å²) in [5.74, 6) is 0. The zero-order chi connectivity index (χ0) is 17.1. The summed E-state index contributed by atoms with van der Waals surface area (Å²) in [5.41, 5.74) is 6.11. The zero-order valence-electron chi connectivity index (χ0n) is 13.5. The second-order valence-corrected chi connectivity index (χ2v) is 5.12. The van der Waals surface area contributed by atoms with Crippen LogP contribution in [0.2, 0.25) is 0 Å². The average molecular weight is 319 g/mol. The number of carbonyl (C=O) groups excluding carboxylic acids is 1. The number of nitrogens with two attached hydrogens (primary N) is 1. The summed E-state index contributed by atoms with van der Waals surface area (Å²) in [5, 5.41) is 9.43. The quantitative estimate of drug-likeness (QED) is 0.707. The van der Waals surface area contributed by atoms with Crippen molar-refractivity contribution in [2.24, 2.45) is 20.8 Å². The molecule has 0 fully saturated rings. The zero-order valence-corrected chi connectivity index (χ0v) is 13.5. The molecular formula is C18H17N5O. The maximum absolute atomic E-state index is 11.9. The molecule has 0 aliphatic carbocycles. The molecule has 3 aromatic rings. The molecule has 6 heteroatoms. The summed E-state index contributed by atoms with van der Waals surface area (Å²) in [6, 6.07) is 16.1. The van der Waals surface area contributed by atoms with E-state index >= 15 is 0 Å². The standard InChI is InChI=1S/C18H17N5O/c1-20-15-13-10-6-7-11-14(13)16(21-2)17(15)22-23(18(19)24)12-8-4-3-5-9-12/h3-11H,1-2H3,(H2,19,24)/b20-15-,21-16+,22-17-. The van der Waals surface area contributed by atoms with Crippen LogP contribution >= 0.6 is 0 Å². The SMILES string of the molecule is C\N=c1c(=N/N(C(N)=O)c2ccccc2)/c(=N/C)c2ccccc/12. The van der Waals surface area contributed by atoms with Gasteiger partial charge in [0.1, 0.15) is 5.36 Å². The van der Waals surface area contributed by atoms with Gasteiger partial charge in [0.25, 0.3) is 0 Å². The summed E-state index contributed by atoms with van der Waals surface area (Å²) < 4.78 is 0. The van der Waals surface area contributed by atoms with Crippen LogP contribution in [0.4, 0.5) is 10.5 Å². The van der Waals surface area contributed by atoms with Crippen LogP contribution in [-0.2, 0) is 0 Å². The van der Waals surface area contributed by atoms with E-state index in [1.54, 1.807) is 26.2 Å². The Hall–Kier alpha value is -3.28. The van der Waals surface area contributed by atoms with Crippen LogP contribution in [0.25, 0.3) is 10.8 Å². The van der Waals surface area contributed by atoms with Crippen LogP contribution in [0.1, 0.15) is 0 Å². The highest BCUT2D eigenvalue weighted by molar-refractivity contribution is 5.90. The Morgan fingerprint density at radius 2 is 1.33 bits per heavy atom. The van der Waals surface area contributed by atoms with Crippen LogP contribution in [0.15, 0.2) is 69.7 Å². The Labute approximate surface area is 138 Å². The molecule has 24 heavy (non-hydrogen) atoms. The van der Waals surface area contributed by atoms with Gasteiger partial charge in [-0.15, -0.1) is 0 Å². The van der Waals surface area contributed by atoms with Gasteiger partial charge in [0.05, 0.1) is 16.4 Å². The molecule has 0 radical (unpaired) electrons. The van der Waals surface area contributed by atoms with Gasteiger partial charge in [0, 0.05) is 24.9 Å². The molecule has 2 amide bonds. The molecule has 0 saturated heterocycles. The van der Waals surface area contributed by atoms with Crippen molar-refractivity contribution in [1.29, 1.82) is 0 Å². The number of hydrogen-bond donors (Lipinski definition) is 1. The Bertz CT molecular complexity index is 1010. The van der Waals surface area contributed by atoms with E-state index in [9.17, 15) is 4.79 Å². The monoisotopic (exact) mass is 319 g/mol. The minimum absolute atomic E-state index is 0.531. The van der Waals surface area contributed by atoms with Crippen LogP contribution in [0.5, 0.6) is 0 Å². The maximum atomic E-state index is 11.9. The molecule has 0 saturated carbocycles. The Balaban J connectivity index is 2.40. The lowest BCUT2D eigenvalue weighted by Gasteiger charge is -2.13. The number of nitrogens with zero attached hydrogens (tertiary/aromatic N) is 4. The molecule has 3 rings (SSSR count). The molecule has 0 heterocycles. The maximum Gasteiger partial charge on any atom is 0.340 e. The number of urea groups is 1. The van der Waals surface area contributed by atoms with Crippen LogP contribution < -0.4 is 26.8 Å². The van der Waals surface area contributed by atoms with Gasteiger partial charge in [-0.3, -0.25) is 9.98 Å². The second kappa shape index (κ2) is 6.45. The highest BCUT2D eigenvalue weighted by Gasteiger charge is 2.13. The number of rotatable bonds is 2. The summed E-state index contributed by atoms with van der Waals surface area (Å²) in [6.07, 6.45) is 0. The Morgan fingerprint density at radius 3 is 1.79 bits per heavy atom. The molecule has 0 unspecified atom stereocenters. The third-order valence-electron chi connectivity index (χ3n) is 3.74. The van der Waals surface area contributed by atoms with E-state index in [4.69, 9.17) is 5.73 Å². The number of amides is 2. The smallest absolute Gasteiger partial charge is 0.340 e. The fourth-order valence-corrected chi connectivity index (χ4v) is 2.71. The first-order valence-electron chi connectivity index (χ1n) is 7.44. The lowest BCUT2D eigenvalue weighted by molar-refractivity contribution is 0.254. The van der Waals surface area contributed by atoms with Gasteiger partial charge >= 0.3 is 6.03 Å². The van der Waals surface area contributed by atoms with Gasteiger partial charge in [0.2, 0.25) is 0 Å². The van der Waals surface area contributed by atoms with Crippen molar-refractivity contribution >= 4 is 22.5 Å². The van der Waals surface area contributed by atoms with E-state index in [-0.39, 0.29) is 0 Å². The molecular weight excluding hydrogens is 302 g/mol. The number of anilines is 1. The first-order chi connectivity index (χ1) is 11.7. The van der Waals surface area contributed by atoms with Crippen molar-refractivity contribution in [3.05, 3.63) is 70.7 Å². The fourth-order valence-electron chi connectivity index (χ4n) is 2.71.